The first-order valence-corrected chi connectivity index (χ1v) is 7.46. The Balaban J connectivity index is 1.67. The van der Waals surface area contributed by atoms with Crippen LogP contribution >= 0.6 is 0 Å². The van der Waals surface area contributed by atoms with E-state index < -0.39 is 0 Å². The Kier molecular flexibility index (Phi) is 2.06. The van der Waals surface area contributed by atoms with E-state index in [-0.39, 0.29) is 6.01 Å². The SMILES string of the molecule is CC12CC3CC(C)(C1)CC(Cc1nnc(N)o1)(C3)C2. The minimum absolute atomic E-state index is 0.206. The molecule has 2 unspecified atom stereocenters. The zero-order chi connectivity index (χ0) is 13.3. The zero-order valence-electron chi connectivity index (χ0n) is 11.9. The summed E-state index contributed by atoms with van der Waals surface area (Å²) in [6.45, 7) is 4.99. The number of hydrogen-bond donors (Lipinski definition) is 1. The molecule has 4 fully saturated rings. The molecule has 0 amide bonds. The van der Waals surface area contributed by atoms with Gasteiger partial charge >= 0.3 is 6.01 Å². The molecule has 4 aliphatic carbocycles. The molecule has 0 aromatic carbocycles. The van der Waals surface area contributed by atoms with Crippen molar-refractivity contribution in [3.05, 3.63) is 5.89 Å². The van der Waals surface area contributed by atoms with Crippen molar-refractivity contribution in [2.45, 2.75) is 58.8 Å². The average Bonchev–Trinajstić information content (AvgIpc) is 2.56. The van der Waals surface area contributed by atoms with E-state index in [1.807, 2.05) is 0 Å². The Morgan fingerprint density at radius 3 is 2.32 bits per heavy atom. The van der Waals surface area contributed by atoms with E-state index in [0.717, 1.165) is 18.2 Å². The van der Waals surface area contributed by atoms with Gasteiger partial charge < -0.3 is 10.2 Å². The minimum Gasteiger partial charge on any atom is -0.408 e. The van der Waals surface area contributed by atoms with Crippen molar-refractivity contribution in [3.63, 3.8) is 0 Å². The van der Waals surface area contributed by atoms with Gasteiger partial charge in [0.15, 0.2) is 0 Å². The number of nitrogen functional groups attached to an aromatic ring is 1. The second-order valence-electron chi connectivity index (χ2n) is 8.34. The van der Waals surface area contributed by atoms with Crippen molar-refractivity contribution in [2.24, 2.45) is 22.2 Å². The van der Waals surface area contributed by atoms with Gasteiger partial charge in [0, 0.05) is 6.42 Å². The Labute approximate surface area is 114 Å². The summed E-state index contributed by atoms with van der Waals surface area (Å²) in [6, 6.07) is 0.206. The van der Waals surface area contributed by atoms with E-state index in [1.54, 1.807) is 0 Å². The summed E-state index contributed by atoms with van der Waals surface area (Å²) in [7, 11) is 0. The molecule has 1 aromatic rings. The van der Waals surface area contributed by atoms with Crippen LogP contribution in [0, 0.1) is 22.2 Å². The molecule has 19 heavy (non-hydrogen) atoms. The lowest BCUT2D eigenvalue weighted by atomic mass is 9.40. The van der Waals surface area contributed by atoms with Gasteiger partial charge in [0.05, 0.1) is 0 Å². The summed E-state index contributed by atoms with van der Waals surface area (Å²) < 4.78 is 5.44. The standard InChI is InChI=1S/C15H23N3O/c1-13-3-10-4-14(2,7-13)9-15(5-10,8-13)6-11-17-18-12(16)19-11/h10H,3-9H2,1-2H3,(H2,16,18). The highest BCUT2D eigenvalue weighted by atomic mass is 16.4. The first-order valence-electron chi connectivity index (χ1n) is 7.46. The summed E-state index contributed by atoms with van der Waals surface area (Å²) in [5.74, 6) is 1.65. The van der Waals surface area contributed by atoms with Crippen molar-refractivity contribution >= 4 is 6.01 Å². The molecule has 4 bridgehead atoms. The van der Waals surface area contributed by atoms with Crippen LogP contribution in [0.5, 0.6) is 0 Å². The quantitative estimate of drug-likeness (QED) is 0.888. The van der Waals surface area contributed by atoms with E-state index in [1.165, 1.54) is 38.5 Å². The number of anilines is 1. The van der Waals surface area contributed by atoms with Gasteiger partial charge in [-0.15, -0.1) is 5.10 Å². The lowest BCUT2D eigenvalue weighted by Crippen LogP contribution is -2.55. The van der Waals surface area contributed by atoms with Gasteiger partial charge in [0.1, 0.15) is 0 Å². The molecule has 2 atom stereocenters. The second kappa shape index (κ2) is 3.33. The van der Waals surface area contributed by atoms with E-state index >= 15 is 0 Å². The number of nitrogens with two attached hydrogens (primary N) is 1. The summed E-state index contributed by atoms with van der Waals surface area (Å²) in [5.41, 5.74) is 7.03. The van der Waals surface area contributed by atoms with Gasteiger partial charge in [-0.05, 0) is 60.7 Å². The molecule has 4 aliphatic rings. The first-order chi connectivity index (χ1) is 8.88. The van der Waals surface area contributed by atoms with Crippen LogP contribution in [-0.2, 0) is 6.42 Å². The van der Waals surface area contributed by atoms with Crippen LogP contribution in [0.15, 0.2) is 4.42 Å². The Hall–Kier alpha value is -1.06. The Bertz CT molecular complexity index is 505. The average molecular weight is 261 g/mol. The number of nitrogens with zero attached hydrogens (tertiary/aromatic N) is 2. The molecule has 104 valence electrons. The van der Waals surface area contributed by atoms with Crippen molar-refractivity contribution in [3.8, 4) is 0 Å². The number of hydrogen-bond acceptors (Lipinski definition) is 4. The zero-order valence-corrected chi connectivity index (χ0v) is 11.9. The van der Waals surface area contributed by atoms with Crippen LogP contribution < -0.4 is 5.73 Å². The molecule has 4 saturated carbocycles. The van der Waals surface area contributed by atoms with Crippen LogP contribution in [0.2, 0.25) is 0 Å². The second-order valence-corrected chi connectivity index (χ2v) is 8.34. The molecule has 0 aliphatic heterocycles. The van der Waals surface area contributed by atoms with Gasteiger partial charge in [-0.1, -0.05) is 18.9 Å². The summed E-state index contributed by atoms with van der Waals surface area (Å²) in [5, 5.41) is 7.91. The number of rotatable bonds is 2. The summed E-state index contributed by atoms with van der Waals surface area (Å²) in [6.07, 6.45) is 9.19. The van der Waals surface area contributed by atoms with Gasteiger partial charge in [-0.2, -0.15) is 0 Å². The predicted molar refractivity (Wildman–Crippen MR) is 72.3 cm³/mol. The maximum atomic E-state index is 5.56. The van der Waals surface area contributed by atoms with E-state index in [4.69, 9.17) is 10.2 Å². The molecule has 0 saturated heterocycles. The van der Waals surface area contributed by atoms with Crippen LogP contribution in [0.25, 0.3) is 0 Å². The van der Waals surface area contributed by atoms with Crippen molar-refractivity contribution in [2.75, 3.05) is 5.73 Å². The van der Waals surface area contributed by atoms with Crippen LogP contribution in [0.1, 0.15) is 58.3 Å². The summed E-state index contributed by atoms with van der Waals surface area (Å²) in [4.78, 5) is 0. The van der Waals surface area contributed by atoms with Crippen molar-refractivity contribution in [1.82, 2.24) is 10.2 Å². The molecule has 0 radical (unpaired) electrons. The van der Waals surface area contributed by atoms with Gasteiger partial charge in [-0.3, -0.25) is 0 Å². The summed E-state index contributed by atoms with van der Waals surface area (Å²) >= 11 is 0. The lowest BCUT2D eigenvalue weighted by molar-refractivity contribution is -0.145. The smallest absolute Gasteiger partial charge is 0.312 e. The maximum absolute atomic E-state index is 5.56. The highest BCUT2D eigenvalue weighted by Crippen LogP contribution is 2.70. The predicted octanol–water partition coefficient (Wildman–Crippen LogP) is 3.19. The monoisotopic (exact) mass is 261 g/mol. The molecule has 1 aromatic heterocycles. The fourth-order valence-corrected chi connectivity index (χ4v) is 6.54. The van der Waals surface area contributed by atoms with Crippen LogP contribution in [-0.4, -0.2) is 10.2 Å². The third-order valence-electron chi connectivity index (χ3n) is 5.75. The highest BCUT2D eigenvalue weighted by molar-refractivity contribution is 5.13. The molecule has 4 nitrogen and oxygen atoms in total. The van der Waals surface area contributed by atoms with E-state index in [2.05, 4.69) is 24.0 Å². The molecule has 2 N–H and O–H groups in total. The van der Waals surface area contributed by atoms with Crippen molar-refractivity contribution < 1.29 is 4.42 Å². The molecule has 1 heterocycles. The van der Waals surface area contributed by atoms with Crippen LogP contribution in [0.4, 0.5) is 6.01 Å². The van der Waals surface area contributed by atoms with Crippen molar-refractivity contribution in [1.29, 1.82) is 0 Å². The van der Waals surface area contributed by atoms with Gasteiger partial charge in [0.2, 0.25) is 5.89 Å². The first kappa shape index (κ1) is 11.7. The van der Waals surface area contributed by atoms with Crippen LogP contribution in [0.3, 0.4) is 0 Å². The minimum atomic E-state index is 0.206. The van der Waals surface area contributed by atoms with E-state index in [0.29, 0.717) is 16.2 Å². The van der Waals surface area contributed by atoms with Gasteiger partial charge in [0.25, 0.3) is 0 Å². The fraction of sp³-hybridized carbons (Fsp3) is 0.867. The van der Waals surface area contributed by atoms with Gasteiger partial charge in [-0.25, -0.2) is 0 Å². The molecule has 4 heteroatoms. The molecule has 5 rings (SSSR count). The Morgan fingerprint density at radius 1 is 1.11 bits per heavy atom. The molecular formula is C15H23N3O. The molecule has 0 spiro atoms. The maximum Gasteiger partial charge on any atom is 0.312 e. The topological polar surface area (TPSA) is 64.9 Å². The third kappa shape index (κ3) is 1.79. The Morgan fingerprint density at radius 2 is 1.79 bits per heavy atom. The van der Waals surface area contributed by atoms with E-state index in [9.17, 15) is 0 Å². The lowest BCUT2D eigenvalue weighted by Gasteiger charge is -2.65. The highest BCUT2D eigenvalue weighted by Gasteiger charge is 2.60. The number of aromatic nitrogens is 2. The normalized spacial score (nSPS) is 47.8. The largest absolute Gasteiger partial charge is 0.408 e. The fourth-order valence-electron chi connectivity index (χ4n) is 6.54. The molecular weight excluding hydrogens is 238 g/mol. The third-order valence-corrected chi connectivity index (χ3v) is 5.75.